The molecule has 0 atom stereocenters. The number of aryl methyl sites for hydroxylation is 1. The molecule has 1 aliphatic rings. The van der Waals surface area contributed by atoms with E-state index in [9.17, 15) is 9.59 Å². The molecule has 1 amide bonds. The molecular weight excluding hydrogens is 270 g/mol. The Kier molecular flexibility index (Phi) is 5.60. The van der Waals surface area contributed by atoms with E-state index in [1.807, 2.05) is 31.2 Å². The van der Waals surface area contributed by atoms with Gasteiger partial charge in [0.2, 0.25) is 0 Å². The van der Waals surface area contributed by atoms with Crippen molar-refractivity contribution in [2.24, 2.45) is 0 Å². The van der Waals surface area contributed by atoms with Crippen LogP contribution in [0.4, 0.5) is 0 Å². The number of amides is 1. The Bertz CT molecular complexity index is 495. The summed E-state index contributed by atoms with van der Waals surface area (Å²) in [6.07, 6.45) is 2.88. The molecule has 1 aromatic carbocycles. The second-order valence-corrected chi connectivity index (χ2v) is 5.00. The van der Waals surface area contributed by atoms with Crippen LogP contribution >= 0.6 is 0 Å². The minimum absolute atomic E-state index is 0.130. The topological polar surface area (TPSA) is 55.8 Å². The molecule has 0 radical (unpaired) electrons. The fraction of sp³-hybridized carbons (Fsp3) is 0.500. The molecule has 1 fully saturated rings. The highest BCUT2D eigenvalue weighted by Gasteiger charge is 2.19. The third-order valence-corrected chi connectivity index (χ3v) is 3.51. The van der Waals surface area contributed by atoms with Gasteiger partial charge in [-0.15, -0.1) is 0 Å². The van der Waals surface area contributed by atoms with E-state index in [2.05, 4.69) is 0 Å². The van der Waals surface area contributed by atoms with Crippen LogP contribution in [0.25, 0.3) is 0 Å². The van der Waals surface area contributed by atoms with Gasteiger partial charge >= 0.3 is 5.97 Å². The number of hydrogen-bond acceptors (Lipinski definition) is 4. The van der Waals surface area contributed by atoms with Gasteiger partial charge in [-0.3, -0.25) is 4.79 Å². The summed E-state index contributed by atoms with van der Waals surface area (Å²) in [7, 11) is 0. The molecule has 5 nitrogen and oxygen atoms in total. The molecule has 2 rings (SSSR count). The predicted octanol–water partition coefficient (Wildman–Crippen LogP) is 1.79. The first-order chi connectivity index (χ1) is 10.2. The Morgan fingerprint density at radius 3 is 2.57 bits per heavy atom. The number of benzene rings is 1. The van der Waals surface area contributed by atoms with Gasteiger partial charge in [-0.2, -0.15) is 0 Å². The zero-order valence-corrected chi connectivity index (χ0v) is 12.3. The van der Waals surface area contributed by atoms with Crippen LogP contribution in [0.15, 0.2) is 24.3 Å². The standard InChI is InChI=1S/C16H21NO4/c1-2-13-7-3-4-8-14(13)20-12-16(19)21-11-15(18)17-9-5-6-10-17/h3-4,7-8H,2,5-6,9-12H2,1H3. The summed E-state index contributed by atoms with van der Waals surface area (Å²) in [6.45, 7) is 3.17. The van der Waals surface area contributed by atoms with Crippen LogP contribution in [-0.4, -0.2) is 43.1 Å². The van der Waals surface area contributed by atoms with Crippen molar-refractivity contribution in [3.8, 4) is 5.75 Å². The predicted molar refractivity (Wildman–Crippen MR) is 78.1 cm³/mol. The number of ether oxygens (including phenoxy) is 2. The fourth-order valence-electron chi connectivity index (χ4n) is 2.32. The Morgan fingerprint density at radius 2 is 1.86 bits per heavy atom. The molecular formula is C16H21NO4. The average Bonchev–Trinajstić information content (AvgIpc) is 3.05. The molecule has 1 heterocycles. The second-order valence-electron chi connectivity index (χ2n) is 5.00. The zero-order valence-electron chi connectivity index (χ0n) is 12.3. The third kappa shape index (κ3) is 4.48. The van der Waals surface area contributed by atoms with Crippen molar-refractivity contribution in [1.29, 1.82) is 0 Å². The molecule has 0 spiro atoms. The van der Waals surface area contributed by atoms with Gasteiger partial charge in [0.05, 0.1) is 0 Å². The molecule has 0 aromatic heterocycles. The highest BCUT2D eigenvalue weighted by Crippen LogP contribution is 2.18. The van der Waals surface area contributed by atoms with Crippen LogP contribution < -0.4 is 4.74 Å². The quantitative estimate of drug-likeness (QED) is 0.750. The summed E-state index contributed by atoms with van der Waals surface area (Å²) in [5.74, 6) is 0.0334. The summed E-state index contributed by atoms with van der Waals surface area (Å²) >= 11 is 0. The fourth-order valence-corrected chi connectivity index (χ4v) is 2.32. The van der Waals surface area contributed by atoms with Crippen molar-refractivity contribution in [3.63, 3.8) is 0 Å². The van der Waals surface area contributed by atoms with Gasteiger partial charge < -0.3 is 14.4 Å². The van der Waals surface area contributed by atoms with Crippen LogP contribution in [0.1, 0.15) is 25.3 Å². The largest absolute Gasteiger partial charge is 0.482 e. The average molecular weight is 291 g/mol. The van der Waals surface area contributed by atoms with Crippen molar-refractivity contribution in [2.75, 3.05) is 26.3 Å². The molecule has 1 aliphatic heterocycles. The smallest absolute Gasteiger partial charge is 0.344 e. The van der Waals surface area contributed by atoms with E-state index in [-0.39, 0.29) is 19.1 Å². The molecule has 0 saturated carbocycles. The van der Waals surface area contributed by atoms with Crippen molar-refractivity contribution in [2.45, 2.75) is 26.2 Å². The monoisotopic (exact) mass is 291 g/mol. The first kappa shape index (κ1) is 15.4. The van der Waals surface area contributed by atoms with Gasteiger partial charge in [-0.1, -0.05) is 25.1 Å². The summed E-state index contributed by atoms with van der Waals surface area (Å²) in [5, 5.41) is 0. The Balaban J connectivity index is 1.73. The molecule has 0 unspecified atom stereocenters. The molecule has 21 heavy (non-hydrogen) atoms. The normalized spacial score (nSPS) is 14.0. The van der Waals surface area contributed by atoms with Gasteiger partial charge in [0.1, 0.15) is 5.75 Å². The van der Waals surface area contributed by atoms with Crippen LogP contribution in [0.5, 0.6) is 5.75 Å². The minimum atomic E-state index is -0.520. The van der Waals surface area contributed by atoms with E-state index < -0.39 is 5.97 Å². The van der Waals surface area contributed by atoms with E-state index in [0.29, 0.717) is 5.75 Å². The van der Waals surface area contributed by atoms with E-state index in [4.69, 9.17) is 9.47 Å². The van der Waals surface area contributed by atoms with Crippen LogP contribution in [0, 0.1) is 0 Å². The lowest BCUT2D eigenvalue weighted by Gasteiger charge is -2.15. The van der Waals surface area contributed by atoms with Crippen molar-refractivity contribution in [3.05, 3.63) is 29.8 Å². The van der Waals surface area contributed by atoms with Gasteiger partial charge in [0.25, 0.3) is 5.91 Å². The molecule has 1 saturated heterocycles. The van der Waals surface area contributed by atoms with Crippen LogP contribution in [-0.2, 0) is 20.7 Å². The second kappa shape index (κ2) is 7.67. The van der Waals surface area contributed by atoms with Crippen LogP contribution in [0.2, 0.25) is 0 Å². The molecule has 1 aromatic rings. The Hall–Kier alpha value is -2.04. The van der Waals surface area contributed by atoms with Gasteiger partial charge in [-0.05, 0) is 30.9 Å². The SMILES string of the molecule is CCc1ccccc1OCC(=O)OCC(=O)N1CCCC1. The molecule has 0 aliphatic carbocycles. The van der Waals surface area contributed by atoms with Gasteiger partial charge in [0.15, 0.2) is 13.2 Å². The maximum absolute atomic E-state index is 11.7. The third-order valence-electron chi connectivity index (χ3n) is 3.51. The molecule has 0 N–H and O–H groups in total. The summed E-state index contributed by atoms with van der Waals surface area (Å²) in [5.41, 5.74) is 1.04. The lowest BCUT2D eigenvalue weighted by molar-refractivity contribution is -0.153. The molecule has 5 heteroatoms. The van der Waals surface area contributed by atoms with E-state index in [0.717, 1.165) is 37.9 Å². The minimum Gasteiger partial charge on any atom is -0.482 e. The van der Waals surface area contributed by atoms with E-state index >= 15 is 0 Å². The maximum atomic E-state index is 11.7. The van der Waals surface area contributed by atoms with Crippen molar-refractivity contribution >= 4 is 11.9 Å². The van der Waals surface area contributed by atoms with E-state index in [1.165, 1.54) is 0 Å². The summed E-state index contributed by atoms with van der Waals surface area (Å²) < 4.78 is 10.4. The first-order valence-electron chi connectivity index (χ1n) is 7.35. The molecule has 114 valence electrons. The van der Waals surface area contributed by atoms with E-state index in [1.54, 1.807) is 4.90 Å². The van der Waals surface area contributed by atoms with Crippen molar-refractivity contribution < 1.29 is 19.1 Å². The number of esters is 1. The highest BCUT2D eigenvalue weighted by atomic mass is 16.6. The number of carbonyl (C=O) groups is 2. The first-order valence-corrected chi connectivity index (χ1v) is 7.35. The summed E-state index contributed by atoms with van der Waals surface area (Å²) in [4.78, 5) is 25.1. The number of likely N-dealkylation sites (tertiary alicyclic amines) is 1. The lowest BCUT2D eigenvalue weighted by atomic mass is 10.1. The number of carbonyl (C=O) groups excluding carboxylic acids is 2. The van der Waals surface area contributed by atoms with Crippen molar-refractivity contribution in [1.82, 2.24) is 4.90 Å². The number of para-hydroxylation sites is 1. The summed E-state index contributed by atoms with van der Waals surface area (Å²) in [6, 6.07) is 7.56. The Morgan fingerprint density at radius 1 is 1.14 bits per heavy atom. The number of nitrogens with zero attached hydrogens (tertiary/aromatic N) is 1. The lowest BCUT2D eigenvalue weighted by Crippen LogP contribution is -2.32. The molecule has 0 bridgehead atoms. The highest BCUT2D eigenvalue weighted by molar-refractivity contribution is 5.81. The van der Waals surface area contributed by atoms with Gasteiger partial charge in [-0.25, -0.2) is 4.79 Å². The van der Waals surface area contributed by atoms with Gasteiger partial charge in [0, 0.05) is 13.1 Å². The zero-order chi connectivity index (χ0) is 15.1. The number of rotatable bonds is 6. The number of hydrogen-bond donors (Lipinski definition) is 0. The maximum Gasteiger partial charge on any atom is 0.344 e. The van der Waals surface area contributed by atoms with Crippen LogP contribution in [0.3, 0.4) is 0 Å². The Labute approximate surface area is 124 Å².